The van der Waals surface area contributed by atoms with E-state index in [0.717, 1.165) is 34.3 Å². The van der Waals surface area contributed by atoms with Gasteiger partial charge in [0.15, 0.2) is 0 Å². The molecule has 1 aliphatic carbocycles. The third kappa shape index (κ3) is 3.33. The minimum absolute atomic E-state index is 0.261. The minimum Gasteiger partial charge on any atom is -0.367 e. The van der Waals surface area contributed by atoms with Crippen molar-refractivity contribution >= 4 is 22.6 Å². The second kappa shape index (κ2) is 6.89. The number of amides is 1. The normalized spacial score (nSPS) is 19.4. The van der Waals surface area contributed by atoms with Gasteiger partial charge in [0.1, 0.15) is 12.1 Å². The third-order valence-corrected chi connectivity index (χ3v) is 5.80. The molecule has 1 aliphatic heterocycles. The average molecular weight is 372 g/mol. The summed E-state index contributed by atoms with van der Waals surface area (Å²) in [6, 6.07) is 15.7. The highest BCUT2D eigenvalue weighted by atomic mass is 16.2. The van der Waals surface area contributed by atoms with Gasteiger partial charge >= 0.3 is 0 Å². The van der Waals surface area contributed by atoms with Crippen LogP contribution in [0.25, 0.3) is 22.0 Å². The molecule has 2 heterocycles. The van der Waals surface area contributed by atoms with Crippen LogP contribution in [0, 0.1) is 0 Å². The maximum Gasteiger partial charge on any atom is 0.223 e. The molecule has 5 heteroatoms. The number of benzene rings is 2. The van der Waals surface area contributed by atoms with E-state index >= 15 is 0 Å². The van der Waals surface area contributed by atoms with Gasteiger partial charge in [-0.15, -0.1) is 0 Å². The lowest BCUT2D eigenvalue weighted by Crippen LogP contribution is -2.30. The molecule has 1 unspecified atom stereocenters. The number of hydrogen-bond acceptors (Lipinski definition) is 4. The molecule has 2 fully saturated rings. The Morgan fingerprint density at radius 3 is 2.71 bits per heavy atom. The van der Waals surface area contributed by atoms with Crippen molar-refractivity contribution in [2.24, 2.45) is 0 Å². The Labute approximate surface area is 164 Å². The second-order valence-corrected chi connectivity index (χ2v) is 7.98. The molecule has 0 radical (unpaired) electrons. The van der Waals surface area contributed by atoms with E-state index in [4.69, 9.17) is 0 Å². The first-order valence-corrected chi connectivity index (χ1v) is 10.1. The lowest BCUT2D eigenvalue weighted by atomic mass is 10.0. The van der Waals surface area contributed by atoms with E-state index in [0.29, 0.717) is 25.0 Å². The Balaban J connectivity index is 1.47. The summed E-state index contributed by atoms with van der Waals surface area (Å²) in [6.45, 7) is 2.81. The predicted octanol–water partition coefficient (Wildman–Crippen LogP) is 4.38. The summed E-state index contributed by atoms with van der Waals surface area (Å²) in [5, 5.41) is 4.57. The Morgan fingerprint density at radius 2 is 1.93 bits per heavy atom. The van der Waals surface area contributed by atoms with E-state index in [2.05, 4.69) is 64.7 Å². The molecular weight excluding hydrogens is 348 g/mol. The van der Waals surface area contributed by atoms with Gasteiger partial charge in [0.05, 0.1) is 5.52 Å². The molecule has 1 aromatic heterocycles. The van der Waals surface area contributed by atoms with E-state index < -0.39 is 0 Å². The van der Waals surface area contributed by atoms with Crippen molar-refractivity contribution in [2.75, 3.05) is 5.32 Å². The summed E-state index contributed by atoms with van der Waals surface area (Å²) in [5.41, 5.74) is 4.42. The summed E-state index contributed by atoms with van der Waals surface area (Å²) in [5.74, 6) is 1.18. The van der Waals surface area contributed by atoms with Crippen LogP contribution in [0.3, 0.4) is 0 Å². The SMILES string of the molecule is CC1CCC(=O)N1Cc1cccc(-c2ccc3ncnc(NC4CC4)c3c2)c1. The first-order valence-electron chi connectivity index (χ1n) is 10.1. The van der Waals surface area contributed by atoms with Crippen LogP contribution in [0.2, 0.25) is 0 Å². The zero-order chi connectivity index (χ0) is 19.1. The number of carbonyl (C=O) groups is 1. The Kier molecular flexibility index (Phi) is 4.23. The molecular formula is C23H24N4O. The van der Waals surface area contributed by atoms with Crippen LogP contribution in [0.1, 0.15) is 38.2 Å². The molecule has 5 nitrogen and oxygen atoms in total. The first kappa shape index (κ1) is 17.2. The van der Waals surface area contributed by atoms with Crippen LogP contribution in [-0.4, -0.2) is 32.9 Å². The van der Waals surface area contributed by atoms with Crippen molar-refractivity contribution in [2.45, 2.75) is 51.2 Å². The number of rotatable bonds is 5. The topological polar surface area (TPSA) is 58.1 Å². The van der Waals surface area contributed by atoms with Gasteiger partial charge < -0.3 is 10.2 Å². The monoisotopic (exact) mass is 372 g/mol. The van der Waals surface area contributed by atoms with E-state index in [1.165, 1.54) is 18.4 Å². The second-order valence-electron chi connectivity index (χ2n) is 7.98. The van der Waals surface area contributed by atoms with Gasteiger partial charge in [-0.05, 0) is 61.1 Å². The third-order valence-electron chi connectivity index (χ3n) is 5.80. The highest BCUT2D eigenvalue weighted by molar-refractivity contribution is 5.92. The molecule has 0 spiro atoms. The maximum atomic E-state index is 12.1. The van der Waals surface area contributed by atoms with Gasteiger partial charge in [0, 0.05) is 30.4 Å². The van der Waals surface area contributed by atoms with Crippen molar-refractivity contribution in [1.29, 1.82) is 0 Å². The van der Waals surface area contributed by atoms with Crippen LogP contribution in [0.15, 0.2) is 48.8 Å². The van der Waals surface area contributed by atoms with Crippen molar-refractivity contribution in [3.8, 4) is 11.1 Å². The maximum absolute atomic E-state index is 12.1. The number of nitrogens with one attached hydrogen (secondary N) is 1. The molecule has 28 heavy (non-hydrogen) atoms. The van der Waals surface area contributed by atoms with E-state index in [-0.39, 0.29) is 5.91 Å². The van der Waals surface area contributed by atoms with Gasteiger partial charge in [-0.2, -0.15) is 0 Å². The van der Waals surface area contributed by atoms with E-state index in [1.54, 1.807) is 6.33 Å². The number of aromatic nitrogens is 2. The first-order chi connectivity index (χ1) is 13.7. The Hall–Kier alpha value is -2.95. The van der Waals surface area contributed by atoms with Crippen LogP contribution in [0.4, 0.5) is 5.82 Å². The molecule has 1 saturated carbocycles. The molecule has 2 aromatic carbocycles. The Bertz CT molecular complexity index is 1040. The van der Waals surface area contributed by atoms with Crippen LogP contribution >= 0.6 is 0 Å². The number of carbonyl (C=O) groups excluding carboxylic acids is 1. The van der Waals surface area contributed by atoms with Crippen molar-refractivity contribution in [1.82, 2.24) is 14.9 Å². The summed E-state index contributed by atoms with van der Waals surface area (Å²) in [7, 11) is 0. The predicted molar refractivity (Wildman–Crippen MR) is 111 cm³/mol. The van der Waals surface area contributed by atoms with Gasteiger partial charge in [-0.1, -0.05) is 24.3 Å². The fraction of sp³-hybridized carbons (Fsp3) is 0.348. The smallest absolute Gasteiger partial charge is 0.223 e. The zero-order valence-electron chi connectivity index (χ0n) is 16.1. The molecule has 142 valence electrons. The van der Waals surface area contributed by atoms with Crippen molar-refractivity contribution in [3.63, 3.8) is 0 Å². The van der Waals surface area contributed by atoms with Gasteiger partial charge in [-0.3, -0.25) is 4.79 Å². The number of likely N-dealkylation sites (tertiary alicyclic amines) is 1. The molecule has 1 saturated heterocycles. The summed E-state index contributed by atoms with van der Waals surface area (Å²) in [4.78, 5) is 23.0. The standard InChI is InChI=1S/C23H24N4O/c1-15-5-10-22(28)27(15)13-16-3-2-4-17(11-16)18-6-9-21-20(12-18)23(25-14-24-21)26-19-7-8-19/h2-4,6,9,11-12,14-15,19H,5,7-8,10,13H2,1H3,(H,24,25,26). The molecule has 3 aromatic rings. The van der Waals surface area contributed by atoms with Gasteiger partial charge in [0.2, 0.25) is 5.91 Å². The number of hydrogen-bond donors (Lipinski definition) is 1. The minimum atomic E-state index is 0.261. The lowest BCUT2D eigenvalue weighted by molar-refractivity contribution is -0.129. The quantitative estimate of drug-likeness (QED) is 0.722. The molecule has 1 amide bonds. The number of nitrogens with zero attached hydrogens (tertiary/aromatic N) is 3. The molecule has 1 atom stereocenters. The molecule has 1 N–H and O–H groups in total. The number of fused-ring (bicyclic) bond motifs is 1. The number of anilines is 1. The largest absolute Gasteiger partial charge is 0.367 e. The van der Waals surface area contributed by atoms with Crippen LogP contribution in [-0.2, 0) is 11.3 Å². The summed E-state index contributed by atoms with van der Waals surface area (Å²) < 4.78 is 0. The fourth-order valence-corrected chi connectivity index (χ4v) is 3.94. The Morgan fingerprint density at radius 1 is 1.07 bits per heavy atom. The van der Waals surface area contributed by atoms with Gasteiger partial charge in [-0.25, -0.2) is 9.97 Å². The fourth-order valence-electron chi connectivity index (χ4n) is 3.94. The molecule has 0 bridgehead atoms. The lowest BCUT2D eigenvalue weighted by Gasteiger charge is -2.22. The van der Waals surface area contributed by atoms with Crippen LogP contribution < -0.4 is 5.32 Å². The summed E-state index contributed by atoms with van der Waals surface area (Å²) >= 11 is 0. The van der Waals surface area contributed by atoms with Crippen LogP contribution in [0.5, 0.6) is 0 Å². The van der Waals surface area contributed by atoms with Gasteiger partial charge in [0.25, 0.3) is 0 Å². The summed E-state index contributed by atoms with van der Waals surface area (Å²) in [6.07, 6.45) is 5.67. The molecule has 5 rings (SSSR count). The highest BCUT2D eigenvalue weighted by Crippen LogP contribution is 2.31. The van der Waals surface area contributed by atoms with Crippen molar-refractivity contribution in [3.05, 3.63) is 54.4 Å². The highest BCUT2D eigenvalue weighted by Gasteiger charge is 2.27. The van der Waals surface area contributed by atoms with E-state index in [1.807, 2.05) is 4.90 Å². The molecule has 2 aliphatic rings. The van der Waals surface area contributed by atoms with Crippen molar-refractivity contribution < 1.29 is 4.79 Å². The average Bonchev–Trinajstić information content (AvgIpc) is 3.49. The zero-order valence-corrected chi connectivity index (χ0v) is 16.1. The van der Waals surface area contributed by atoms with E-state index in [9.17, 15) is 4.79 Å².